The van der Waals surface area contributed by atoms with E-state index in [4.69, 9.17) is 16.7 Å². The van der Waals surface area contributed by atoms with Crippen LogP contribution in [0.15, 0.2) is 0 Å². The third-order valence-corrected chi connectivity index (χ3v) is 3.19. The molecule has 2 nitrogen and oxygen atoms in total. The lowest BCUT2D eigenvalue weighted by Crippen LogP contribution is -2.37. The maximum absolute atomic E-state index is 9.02. The minimum atomic E-state index is 0.270. The molecule has 3 heteroatoms. The number of hydrogen-bond acceptors (Lipinski definition) is 2. The third kappa shape index (κ3) is 7.15. The van der Waals surface area contributed by atoms with Gasteiger partial charge >= 0.3 is 0 Å². The molecule has 0 aliphatic rings. The van der Waals surface area contributed by atoms with E-state index in [9.17, 15) is 0 Å². The zero-order valence-electron chi connectivity index (χ0n) is 10.2. The first-order chi connectivity index (χ1) is 7.29. The van der Waals surface area contributed by atoms with E-state index in [0.29, 0.717) is 6.04 Å². The van der Waals surface area contributed by atoms with Crippen LogP contribution >= 0.6 is 11.6 Å². The predicted molar refractivity (Wildman–Crippen MR) is 67.6 cm³/mol. The SMILES string of the molecule is CCC(CC)N(CCO)CCCCCCl. The van der Waals surface area contributed by atoms with Crippen molar-refractivity contribution in [2.24, 2.45) is 0 Å². The number of unbranched alkanes of at least 4 members (excludes halogenated alkanes) is 2. The molecular formula is C12H26ClNO. The molecule has 0 unspecified atom stereocenters. The first-order valence-electron chi connectivity index (χ1n) is 6.20. The Balaban J connectivity index is 3.80. The van der Waals surface area contributed by atoms with Crippen LogP contribution in [0.1, 0.15) is 46.0 Å². The van der Waals surface area contributed by atoms with Gasteiger partial charge in [-0.2, -0.15) is 0 Å². The van der Waals surface area contributed by atoms with Crippen LogP contribution in [-0.4, -0.2) is 41.6 Å². The first kappa shape index (κ1) is 15.2. The quantitative estimate of drug-likeness (QED) is 0.465. The van der Waals surface area contributed by atoms with Gasteiger partial charge in [0, 0.05) is 18.5 Å². The monoisotopic (exact) mass is 235 g/mol. The molecule has 0 aromatic heterocycles. The van der Waals surface area contributed by atoms with Crippen molar-refractivity contribution in [3.05, 3.63) is 0 Å². The van der Waals surface area contributed by atoms with Gasteiger partial charge in [-0.25, -0.2) is 0 Å². The summed E-state index contributed by atoms with van der Waals surface area (Å²) in [6, 6.07) is 0.633. The number of nitrogens with zero attached hydrogens (tertiary/aromatic N) is 1. The van der Waals surface area contributed by atoms with Crippen LogP contribution in [0.5, 0.6) is 0 Å². The fourth-order valence-corrected chi connectivity index (χ4v) is 2.19. The van der Waals surface area contributed by atoms with E-state index in [1.807, 2.05) is 0 Å². The fourth-order valence-electron chi connectivity index (χ4n) is 2.00. The van der Waals surface area contributed by atoms with Crippen LogP contribution in [0.2, 0.25) is 0 Å². The molecule has 0 fully saturated rings. The third-order valence-electron chi connectivity index (χ3n) is 2.93. The molecule has 1 N–H and O–H groups in total. The predicted octanol–water partition coefficient (Wildman–Crippen LogP) is 2.88. The van der Waals surface area contributed by atoms with Crippen molar-refractivity contribution in [3.63, 3.8) is 0 Å². The number of halogens is 1. The highest BCUT2D eigenvalue weighted by molar-refractivity contribution is 6.17. The van der Waals surface area contributed by atoms with Gasteiger partial charge in [0.05, 0.1) is 6.61 Å². The van der Waals surface area contributed by atoms with E-state index in [2.05, 4.69) is 18.7 Å². The molecule has 0 aromatic carbocycles. The number of alkyl halides is 1. The standard InChI is InChI=1S/C12H26ClNO/c1-3-12(4-2)14(10-11-15)9-7-5-6-8-13/h12,15H,3-11H2,1-2H3. The van der Waals surface area contributed by atoms with E-state index < -0.39 is 0 Å². The zero-order chi connectivity index (χ0) is 11.5. The Hall–Kier alpha value is 0.210. The molecule has 0 rings (SSSR count). The molecule has 0 saturated heterocycles. The molecular weight excluding hydrogens is 210 g/mol. The van der Waals surface area contributed by atoms with Gasteiger partial charge in [0.2, 0.25) is 0 Å². The van der Waals surface area contributed by atoms with Crippen molar-refractivity contribution >= 4 is 11.6 Å². The van der Waals surface area contributed by atoms with Gasteiger partial charge in [0.1, 0.15) is 0 Å². The Bertz CT molecular complexity index is 129. The summed E-state index contributed by atoms with van der Waals surface area (Å²) in [6.45, 7) is 6.62. The lowest BCUT2D eigenvalue weighted by Gasteiger charge is -2.29. The molecule has 0 aliphatic heterocycles. The van der Waals surface area contributed by atoms with Crippen LogP contribution in [0, 0.1) is 0 Å². The van der Waals surface area contributed by atoms with E-state index in [1.54, 1.807) is 0 Å². The van der Waals surface area contributed by atoms with Gasteiger partial charge in [-0.1, -0.05) is 20.3 Å². The normalized spacial score (nSPS) is 11.6. The fraction of sp³-hybridized carbons (Fsp3) is 1.00. The second kappa shape index (κ2) is 10.7. The van der Waals surface area contributed by atoms with Crippen molar-refractivity contribution in [2.45, 2.75) is 52.0 Å². The van der Waals surface area contributed by atoms with Crippen LogP contribution in [0.25, 0.3) is 0 Å². The summed E-state index contributed by atoms with van der Waals surface area (Å²) in [7, 11) is 0. The molecule has 0 amide bonds. The van der Waals surface area contributed by atoms with Gasteiger partial charge in [0.25, 0.3) is 0 Å². The zero-order valence-corrected chi connectivity index (χ0v) is 11.0. The minimum Gasteiger partial charge on any atom is -0.395 e. The molecule has 0 heterocycles. The highest BCUT2D eigenvalue weighted by Crippen LogP contribution is 2.10. The topological polar surface area (TPSA) is 23.5 Å². The Morgan fingerprint density at radius 1 is 1.07 bits per heavy atom. The summed E-state index contributed by atoms with van der Waals surface area (Å²) < 4.78 is 0. The molecule has 0 atom stereocenters. The van der Waals surface area contributed by atoms with Gasteiger partial charge in [-0.3, -0.25) is 4.90 Å². The Labute approximate surface area is 99.6 Å². The first-order valence-corrected chi connectivity index (χ1v) is 6.74. The smallest absolute Gasteiger partial charge is 0.0558 e. The number of aliphatic hydroxyl groups is 1. The van der Waals surface area contributed by atoms with Crippen molar-refractivity contribution in [2.75, 3.05) is 25.6 Å². The van der Waals surface area contributed by atoms with Crippen molar-refractivity contribution in [1.82, 2.24) is 4.90 Å². The van der Waals surface area contributed by atoms with E-state index >= 15 is 0 Å². The summed E-state index contributed by atoms with van der Waals surface area (Å²) in [6.07, 6.45) is 5.85. The summed E-state index contributed by atoms with van der Waals surface area (Å²) in [5.74, 6) is 0.769. The van der Waals surface area contributed by atoms with Crippen LogP contribution in [-0.2, 0) is 0 Å². The minimum absolute atomic E-state index is 0.270. The molecule has 0 aliphatic carbocycles. The molecule has 15 heavy (non-hydrogen) atoms. The van der Waals surface area contributed by atoms with Crippen LogP contribution in [0.3, 0.4) is 0 Å². The molecule has 0 bridgehead atoms. The molecule has 0 radical (unpaired) electrons. The van der Waals surface area contributed by atoms with Crippen LogP contribution < -0.4 is 0 Å². The summed E-state index contributed by atoms with van der Waals surface area (Å²) in [5.41, 5.74) is 0. The highest BCUT2D eigenvalue weighted by atomic mass is 35.5. The van der Waals surface area contributed by atoms with E-state index in [0.717, 1.165) is 25.4 Å². The van der Waals surface area contributed by atoms with Crippen molar-refractivity contribution < 1.29 is 5.11 Å². The van der Waals surface area contributed by atoms with Gasteiger partial charge in [-0.15, -0.1) is 11.6 Å². The number of rotatable bonds is 10. The van der Waals surface area contributed by atoms with Crippen molar-refractivity contribution in [1.29, 1.82) is 0 Å². The Kier molecular flexibility index (Phi) is 10.9. The second-order valence-corrected chi connectivity index (χ2v) is 4.36. The molecule has 0 aromatic rings. The lowest BCUT2D eigenvalue weighted by atomic mass is 10.1. The highest BCUT2D eigenvalue weighted by Gasteiger charge is 2.13. The lowest BCUT2D eigenvalue weighted by molar-refractivity contribution is 0.141. The van der Waals surface area contributed by atoms with E-state index in [-0.39, 0.29) is 6.61 Å². The largest absolute Gasteiger partial charge is 0.395 e. The summed E-state index contributed by atoms with van der Waals surface area (Å²) >= 11 is 5.64. The average Bonchev–Trinajstić information content (AvgIpc) is 2.26. The van der Waals surface area contributed by atoms with E-state index in [1.165, 1.54) is 25.7 Å². The Morgan fingerprint density at radius 2 is 1.73 bits per heavy atom. The van der Waals surface area contributed by atoms with Gasteiger partial charge in [-0.05, 0) is 32.2 Å². The summed E-state index contributed by atoms with van der Waals surface area (Å²) in [4.78, 5) is 2.41. The molecule has 92 valence electrons. The molecule has 0 spiro atoms. The van der Waals surface area contributed by atoms with Crippen LogP contribution in [0.4, 0.5) is 0 Å². The molecule has 0 saturated carbocycles. The Morgan fingerprint density at radius 3 is 2.20 bits per heavy atom. The maximum Gasteiger partial charge on any atom is 0.0558 e. The average molecular weight is 236 g/mol. The maximum atomic E-state index is 9.02. The number of hydrogen-bond donors (Lipinski definition) is 1. The van der Waals surface area contributed by atoms with Crippen molar-refractivity contribution in [3.8, 4) is 0 Å². The second-order valence-electron chi connectivity index (χ2n) is 3.98. The van der Waals surface area contributed by atoms with Gasteiger partial charge in [0.15, 0.2) is 0 Å². The summed E-state index contributed by atoms with van der Waals surface area (Å²) in [5, 5.41) is 9.02. The van der Waals surface area contributed by atoms with Gasteiger partial charge < -0.3 is 5.11 Å². The number of aliphatic hydroxyl groups excluding tert-OH is 1.